The van der Waals surface area contributed by atoms with Crippen molar-refractivity contribution in [2.24, 2.45) is 5.92 Å². The van der Waals surface area contributed by atoms with E-state index in [0.29, 0.717) is 37.3 Å². The number of hydrogen-bond donors (Lipinski definition) is 2. The van der Waals surface area contributed by atoms with E-state index in [1.807, 2.05) is 41.0 Å². The number of pyridine rings is 1. The molecule has 39 heavy (non-hydrogen) atoms. The minimum atomic E-state index is -0.818. The minimum Gasteiger partial charge on any atom is -0.462 e. The molecular formula is C30H32N4O5. The molecule has 2 aromatic carbocycles. The Morgan fingerprint density at radius 1 is 0.949 bits per heavy atom. The third-order valence-corrected chi connectivity index (χ3v) is 7.33. The third kappa shape index (κ3) is 6.03. The molecule has 5 rings (SSSR count). The number of nitrogens with one attached hydrogen (secondary N) is 2. The summed E-state index contributed by atoms with van der Waals surface area (Å²) in [5, 5.41) is 5.82. The second-order valence-corrected chi connectivity index (χ2v) is 10.1. The lowest BCUT2D eigenvalue weighted by atomic mass is 9.83. The number of urea groups is 1. The first-order chi connectivity index (χ1) is 18.9. The number of carbonyl (C=O) groups excluding carboxylic acids is 3. The van der Waals surface area contributed by atoms with Crippen LogP contribution in [0.25, 0.3) is 0 Å². The smallest absolute Gasteiger partial charge is 0.338 e. The Labute approximate surface area is 226 Å². The Balaban J connectivity index is 1.29. The quantitative estimate of drug-likeness (QED) is 0.457. The van der Waals surface area contributed by atoms with Gasteiger partial charge < -0.3 is 24.8 Å². The van der Waals surface area contributed by atoms with E-state index >= 15 is 0 Å². The first-order valence-corrected chi connectivity index (χ1v) is 13.3. The number of hydrogen-bond acceptors (Lipinski definition) is 5. The van der Waals surface area contributed by atoms with E-state index in [0.717, 1.165) is 17.7 Å². The van der Waals surface area contributed by atoms with E-state index in [2.05, 4.69) is 10.6 Å². The van der Waals surface area contributed by atoms with Crippen LogP contribution in [-0.2, 0) is 22.5 Å². The molecule has 1 fully saturated rings. The van der Waals surface area contributed by atoms with Crippen LogP contribution in [0, 0.1) is 5.92 Å². The van der Waals surface area contributed by atoms with Crippen molar-refractivity contribution in [2.45, 2.75) is 38.3 Å². The van der Waals surface area contributed by atoms with Crippen molar-refractivity contribution in [3.63, 3.8) is 0 Å². The van der Waals surface area contributed by atoms with E-state index in [9.17, 15) is 19.2 Å². The summed E-state index contributed by atoms with van der Waals surface area (Å²) in [7, 11) is 0. The van der Waals surface area contributed by atoms with Gasteiger partial charge in [0.1, 0.15) is 6.04 Å². The Morgan fingerprint density at radius 2 is 1.72 bits per heavy atom. The van der Waals surface area contributed by atoms with Crippen LogP contribution in [0.4, 0.5) is 10.5 Å². The number of amides is 3. The molecular weight excluding hydrogens is 496 g/mol. The number of aromatic nitrogens is 1. The maximum atomic E-state index is 13.5. The average molecular weight is 529 g/mol. The van der Waals surface area contributed by atoms with Crippen LogP contribution in [0.5, 0.6) is 0 Å². The zero-order chi connectivity index (χ0) is 27.4. The highest BCUT2D eigenvalue weighted by Gasteiger charge is 2.37. The van der Waals surface area contributed by atoms with Gasteiger partial charge in [-0.1, -0.05) is 36.4 Å². The first kappa shape index (κ1) is 26.2. The lowest BCUT2D eigenvalue weighted by molar-refractivity contribution is -0.118. The molecule has 2 aliphatic rings. The molecule has 1 saturated heterocycles. The molecule has 1 aromatic heterocycles. The summed E-state index contributed by atoms with van der Waals surface area (Å²) >= 11 is 0. The van der Waals surface area contributed by atoms with Gasteiger partial charge in [0.2, 0.25) is 5.91 Å². The molecule has 0 spiro atoms. The number of likely N-dealkylation sites (tertiary alicyclic amines) is 1. The third-order valence-electron chi connectivity index (χ3n) is 7.33. The van der Waals surface area contributed by atoms with E-state index < -0.39 is 12.0 Å². The zero-order valence-corrected chi connectivity index (χ0v) is 21.8. The number of piperidine rings is 1. The van der Waals surface area contributed by atoms with Gasteiger partial charge in [0.15, 0.2) is 0 Å². The fourth-order valence-corrected chi connectivity index (χ4v) is 5.50. The molecule has 0 aliphatic carbocycles. The van der Waals surface area contributed by atoms with Gasteiger partial charge in [0.25, 0.3) is 5.56 Å². The van der Waals surface area contributed by atoms with Gasteiger partial charge in [-0.15, -0.1) is 0 Å². The Bertz CT molecular complexity index is 1400. The lowest BCUT2D eigenvalue weighted by Gasteiger charge is -2.43. The second kappa shape index (κ2) is 11.6. The van der Waals surface area contributed by atoms with Crippen molar-refractivity contribution >= 4 is 23.6 Å². The normalized spacial score (nSPS) is 18.4. The summed E-state index contributed by atoms with van der Waals surface area (Å²) in [5.41, 5.74) is 2.77. The summed E-state index contributed by atoms with van der Waals surface area (Å²) in [6.07, 6.45) is 1.25. The van der Waals surface area contributed by atoms with Gasteiger partial charge in [-0.3, -0.25) is 9.59 Å². The van der Waals surface area contributed by atoms with Crippen LogP contribution in [0.1, 0.15) is 40.9 Å². The van der Waals surface area contributed by atoms with E-state index in [-0.39, 0.29) is 35.9 Å². The van der Waals surface area contributed by atoms with E-state index in [4.69, 9.17) is 4.74 Å². The number of rotatable bonds is 7. The van der Waals surface area contributed by atoms with Crippen molar-refractivity contribution in [2.75, 3.05) is 25.0 Å². The van der Waals surface area contributed by atoms with Crippen molar-refractivity contribution in [3.05, 3.63) is 100.0 Å². The van der Waals surface area contributed by atoms with Gasteiger partial charge in [0, 0.05) is 49.4 Å². The highest BCUT2D eigenvalue weighted by atomic mass is 16.5. The summed E-state index contributed by atoms with van der Waals surface area (Å²) in [6, 6.07) is 20.2. The van der Waals surface area contributed by atoms with Crippen molar-refractivity contribution in [3.8, 4) is 0 Å². The fraction of sp³-hybridized carbons (Fsp3) is 0.333. The van der Waals surface area contributed by atoms with Crippen molar-refractivity contribution in [1.29, 1.82) is 0 Å². The van der Waals surface area contributed by atoms with Crippen LogP contribution in [0.15, 0.2) is 77.6 Å². The largest absolute Gasteiger partial charge is 0.462 e. The maximum Gasteiger partial charge on any atom is 0.338 e. The fourth-order valence-electron chi connectivity index (χ4n) is 5.50. The molecule has 2 N–H and O–H groups in total. The second-order valence-electron chi connectivity index (χ2n) is 10.1. The molecule has 2 bridgehead atoms. The average Bonchev–Trinajstić information content (AvgIpc) is 2.94. The topological polar surface area (TPSA) is 110 Å². The highest BCUT2D eigenvalue weighted by Crippen LogP contribution is 2.34. The number of ether oxygens (including phenoxy) is 1. The molecule has 3 amide bonds. The molecule has 2 aliphatic heterocycles. The highest BCUT2D eigenvalue weighted by molar-refractivity contribution is 5.98. The van der Waals surface area contributed by atoms with Crippen LogP contribution in [0.3, 0.4) is 0 Å². The van der Waals surface area contributed by atoms with Gasteiger partial charge in [-0.05, 0) is 55.2 Å². The number of fused-ring (bicyclic) bond motifs is 4. The minimum absolute atomic E-state index is 0.00464. The summed E-state index contributed by atoms with van der Waals surface area (Å²) < 4.78 is 6.84. The lowest BCUT2D eigenvalue weighted by Crippen LogP contribution is -2.55. The number of anilines is 1. The maximum absolute atomic E-state index is 13.5. The molecule has 9 heteroatoms. The number of nitrogens with zero attached hydrogens (tertiary/aromatic N) is 2. The van der Waals surface area contributed by atoms with E-state index in [1.165, 1.54) is 0 Å². The first-order valence-electron chi connectivity index (χ1n) is 13.3. The molecule has 0 radical (unpaired) electrons. The van der Waals surface area contributed by atoms with Crippen LogP contribution in [0.2, 0.25) is 0 Å². The molecule has 3 heterocycles. The summed E-state index contributed by atoms with van der Waals surface area (Å²) in [6.45, 7) is 3.62. The number of carbonyl (C=O) groups is 3. The molecule has 0 saturated carbocycles. The van der Waals surface area contributed by atoms with Crippen LogP contribution >= 0.6 is 0 Å². The van der Waals surface area contributed by atoms with Crippen molar-refractivity contribution in [1.82, 2.24) is 14.8 Å². The molecule has 202 valence electrons. The number of esters is 1. The van der Waals surface area contributed by atoms with Gasteiger partial charge in [-0.25, -0.2) is 9.59 Å². The standard InChI is InChI=1S/C30H32N4O5/c1-2-39-29(37)22-11-13-24(14-12-22)31-28(36)25(16-20-7-4-3-5-8-20)32-30(38)33-17-21-15-23(19-33)26-9-6-10-27(35)34(26)18-21/h3-14,21,23,25H,2,15-19H2,1H3,(H,31,36)(H,32,38)/t21-,23+,25-/m0/s1. The Kier molecular flexibility index (Phi) is 7.76. The zero-order valence-electron chi connectivity index (χ0n) is 21.8. The molecule has 3 aromatic rings. The molecule has 9 nitrogen and oxygen atoms in total. The Hall–Kier alpha value is -4.40. The van der Waals surface area contributed by atoms with Crippen molar-refractivity contribution < 1.29 is 19.1 Å². The monoisotopic (exact) mass is 528 g/mol. The Morgan fingerprint density at radius 3 is 2.46 bits per heavy atom. The predicted molar refractivity (Wildman–Crippen MR) is 147 cm³/mol. The van der Waals surface area contributed by atoms with Gasteiger partial charge >= 0.3 is 12.0 Å². The van der Waals surface area contributed by atoms with Crippen LogP contribution < -0.4 is 16.2 Å². The molecule has 0 unspecified atom stereocenters. The summed E-state index contributed by atoms with van der Waals surface area (Å²) in [4.78, 5) is 52.9. The SMILES string of the molecule is CCOC(=O)c1ccc(NC(=O)[C@H](Cc2ccccc2)NC(=O)N2C[C@@H]3C[C@H](C2)c2cccc(=O)n2C3)cc1. The molecule has 3 atom stereocenters. The van der Waals surface area contributed by atoms with Gasteiger partial charge in [0.05, 0.1) is 12.2 Å². The summed E-state index contributed by atoms with van der Waals surface area (Å²) in [5.74, 6) is -0.522. The van der Waals surface area contributed by atoms with E-state index in [1.54, 1.807) is 48.2 Å². The van der Waals surface area contributed by atoms with Gasteiger partial charge in [-0.2, -0.15) is 0 Å². The number of benzene rings is 2. The predicted octanol–water partition coefficient (Wildman–Crippen LogP) is 3.40. The van der Waals surface area contributed by atoms with Crippen LogP contribution in [-0.4, -0.2) is 53.1 Å².